The monoisotopic (exact) mass is 435 g/mol. The molecule has 0 bridgehead atoms. The standard InChI is InChI=1S/C24H22FN3O4/c1-15-10-11-16(14-20(15)28-24(31)17-6-2-3-7-18(17)25)23(30)27-19-8-4-5-9-21(19)32-13-12-22(26)29/h2-11,14H,12-13H2,1H3,(H2,26,29)(H,27,30)(H,28,31). The summed E-state index contributed by atoms with van der Waals surface area (Å²) in [5.74, 6) is -1.78. The molecule has 0 heterocycles. The van der Waals surface area contributed by atoms with Gasteiger partial charge in [-0.3, -0.25) is 14.4 Å². The summed E-state index contributed by atoms with van der Waals surface area (Å²) in [7, 11) is 0. The van der Waals surface area contributed by atoms with Crippen LogP contribution in [0.3, 0.4) is 0 Å². The highest BCUT2D eigenvalue weighted by molar-refractivity contribution is 6.08. The first-order chi connectivity index (χ1) is 15.3. The Morgan fingerprint density at radius 2 is 1.59 bits per heavy atom. The van der Waals surface area contributed by atoms with Crippen molar-refractivity contribution in [1.82, 2.24) is 0 Å². The van der Waals surface area contributed by atoms with E-state index in [0.29, 0.717) is 22.7 Å². The quantitative estimate of drug-likeness (QED) is 0.498. The fourth-order valence-corrected chi connectivity index (χ4v) is 2.88. The van der Waals surface area contributed by atoms with Crippen molar-refractivity contribution in [2.75, 3.05) is 17.2 Å². The van der Waals surface area contributed by atoms with E-state index in [1.807, 2.05) is 0 Å². The molecule has 0 saturated carbocycles. The summed E-state index contributed by atoms with van der Waals surface area (Å²) in [5, 5.41) is 5.40. The van der Waals surface area contributed by atoms with Crippen LogP contribution in [-0.4, -0.2) is 24.3 Å². The van der Waals surface area contributed by atoms with Gasteiger partial charge in [-0.1, -0.05) is 30.3 Å². The van der Waals surface area contributed by atoms with Crippen LogP contribution in [0.2, 0.25) is 0 Å². The number of nitrogens with two attached hydrogens (primary N) is 1. The predicted molar refractivity (Wildman–Crippen MR) is 119 cm³/mol. The zero-order chi connectivity index (χ0) is 23.1. The maximum Gasteiger partial charge on any atom is 0.258 e. The minimum atomic E-state index is -0.635. The summed E-state index contributed by atoms with van der Waals surface area (Å²) in [4.78, 5) is 36.2. The van der Waals surface area contributed by atoms with Gasteiger partial charge in [0.25, 0.3) is 11.8 Å². The summed E-state index contributed by atoms with van der Waals surface area (Å²) < 4.78 is 19.4. The average molecular weight is 435 g/mol. The first kappa shape index (κ1) is 22.5. The Morgan fingerprint density at radius 1 is 0.906 bits per heavy atom. The van der Waals surface area contributed by atoms with Crippen LogP contribution in [0.25, 0.3) is 0 Å². The number of carbonyl (C=O) groups excluding carboxylic acids is 3. The highest BCUT2D eigenvalue weighted by atomic mass is 19.1. The number of rotatable bonds is 8. The molecule has 0 saturated heterocycles. The van der Waals surface area contributed by atoms with Crippen molar-refractivity contribution >= 4 is 29.1 Å². The molecule has 0 aliphatic rings. The molecule has 0 radical (unpaired) electrons. The molecular formula is C24H22FN3O4. The van der Waals surface area contributed by atoms with Gasteiger partial charge in [0.2, 0.25) is 5.91 Å². The lowest BCUT2D eigenvalue weighted by Crippen LogP contribution is -2.17. The Balaban J connectivity index is 1.75. The molecular weight excluding hydrogens is 413 g/mol. The molecule has 3 aromatic carbocycles. The molecule has 3 aromatic rings. The molecule has 4 N–H and O–H groups in total. The van der Waals surface area contributed by atoms with Crippen LogP contribution in [0.15, 0.2) is 66.7 Å². The molecule has 164 valence electrons. The van der Waals surface area contributed by atoms with Crippen molar-refractivity contribution in [3.63, 3.8) is 0 Å². The van der Waals surface area contributed by atoms with Crippen molar-refractivity contribution in [2.24, 2.45) is 5.73 Å². The Hall–Kier alpha value is -4.20. The van der Waals surface area contributed by atoms with E-state index in [1.165, 1.54) is 24.3 Å². The summed E-state index contributed by atoms with van der Waals surface area (Å²) in [5.41, 5.74) is 6.82. The number of carbonyl (C=O) groups is 3. The minimum Gasteiger partial charge on any atom is -0.491 e. The lowest BCUT2D eigenvalue weighted by Gasteiger charge is -2.14. The molecule has 0 unspecified atom stereocenters. The lowest BCUT2D eigenvalue weighted by atomic mass is 10.1. The van der Waals surface area contributed by atoms with Gasteiger partial charge in [0.1, 0.15) is 11.6 Å². The van der Waals surface area contributed by atoms with Crippen LogP contribution < -0.4 is 21.1 Å². The van der Waals surface area contributed by atoms with Crippen LogP contribution >= 0.6 is 0 Å². The van der Waals surface area contributed by atoms with Crippen molar-refractivity contribution in [3.05, 3.63) is 89.2 Å². The van der Waals surface area contributed by atoms with Gasteiger partial charge in [-0.2, -0.15) is 0 Å². The highest BCUT2D eigenvalue weighted by Crippen LogP contribution is 2.25. The van der Waals surface area contributed by atoms with Gasteiger partial charge >= 0.3 is 0 Å². The third-order valence-corrected chi connectivity index (χ3v) is 4.61. The van der Waals surface area contributed by atoms with E-state index < -0.39 is 23.5 Å². The molecule has 32 heavy (non-hydrogen) atoms. The molecule has 0 fully saturated rings. The number of para-hydroxylation sites is 2. The average Bonchev–Trinajstić information content (AvgIpc) is 2.76. The summed E-state index contributed by atoms with van der Waals surface area (Å²) in [6.45, 7) is 1.85. The van der Waals surface area contributed by atoms with Crippen molar-refractivity contribution in [1.29, 1.82) is 0 Å². The summed E-state index contributed by atoms with van der Waals surface area (Å²) >= 11 is 0. The van der Waals surface area contributed by atoms with Crippen molar-refractivity contribution < 1.29 is 23.5 Å². The fraction of sp³-hybridized carbons (Fsp3) is 0.125. The van der Waals surface area contributed by atoms with Crippen LogP contribution in [0, 0.1) is 12.7 Å². The SMILES string of the molecule is Cc1ccc(C(=O)Nc2ccccc2OCCC(N)=O)cc1NC(=O)c1ccccc1F. The van der Waals surface area contributed by atoms with E-state index in [1.54, 1.807) is 49.4 Å². The summed E-state index contributed by atoms with van der Waals surface area (Å²) in [6, 6.07) is 17.2. The number of hydrogen-bond donors (Lipinski definition) is 3. The third-order valence-electron chi connectivity index (χ3n) is 4.61. The number of nitrogens with one attached hydrogen (secondary N) is 2. The normalized spacial score (nSPS) is 10.3. The molecule has 3 rings (SSSR count). The third kappa shape index (κ3) is 5.69. The second-order valence-electron chi connectivity index (χ2n) is 6.98. The number of primary amides is 1. The van der Waals surface area contributed by atoms with Crippen molar-refractivity contribution in [2.45, 2.75) is 13.3 Å². The molecule has 8 heteroatoms. The first-order valence-electron chi connectivity index (χ1n) is 9.83. The van der Waals surface area contributed by atoms with E-state index in [2.05, 4.69) is 10.6 Å². The van der Waals surface area contributed by atoms with E-state index in [9.17, 15) is 18.8 Å². The molecule has 3 amide bonds. The summed E-state index contributed by atoms with van der Waals surface area (Å²) in [6.07, 6.45) is 0.0469. The smallest absolute Gasteiger partial charge is 0.258 e. The number of ether oxygens (including phenoxy) is 1. The molecule has 0 aromatic heterocycles. The van der Waals surface area contributed by atoms with Gasteiger partial charge < -0.3 is 21.1 Å². The van der Waals surface area contributed by atoms with E-state index in [4.69, 9.17) is 10.5 Å². The number of amides is 3. The van der Waals surface area contributed by atoms with Gasteiger partial charge in [0.05, 0.1) is 24.3 Å². The maximum atomic E-state index is 13.9. The Labute approximate surface area is 184 Å². The number of anilines is 2. The second kappa shape index (κ2) is 10.2. The van der Waals surface area contributed by atoms with Crippen LogP contribution in [-0.2, 0) is 4.79 Å². The van der Waals surface area contributed by atoms with Crippen LogP contribution in [0.5, 0.6) is 5.75 Å². The van der Waals surface area contributed by atoms with Crippen LogP contribution in [0.4, 0.5) is 15.8 Å². The fourth-order valence-electron chi connectivity index (χ4n) is 2.88. The second-order valence-corrected chi connectivity index (χ2v) is 6.98. The van der Waals surface area contributed by atoms with Gasteiger partial charge in [-0.25, -0.2) is 4.39 Å². The number of hydrogen-bond acceptors (Lipinski definition) is 4. The lowest BCUT2D eigenvalue weighted by molar-refractivity contribution is -0.118. The number of aryl methyl sites for hydroxylation is 1. The topological polar surface area (TPSA) is 111 Å². The van der Waals surface area contributed by atoms with Gasteiger partial charge in [0.15, 0.2) is 0 Å². The van der Waals surface area contributed by atoms with E-state index in [-0.39, 0.29) is 24.2 Å². The number of halogens is 1. The van der Waals surface area contributed by atoms with Crippen LogP contribution in [0.1, 0.15) is 32.7 Å². The Morgan fingerprint density at radius 3 is 2.34 bits per heavy atom. The van der Waals surface area contributed by atoms with E-state index >= 15 is 0 Å². The van der Waals surface area contributed by atoms with Gasteiger partial charge in [-0.05, 0) is 48.9 Å². The zero-order valence-corrected chi connectivity index (χ0v) is 17.4. The number of benzene rings is 3. The highest BCUT2D eigenvalue weighted by Gasteiger charge is 2.15. The molecule has 0 aliphatic carbocycles. The van der Waals surface area contributed by atoms with Crippen molar-refractivity contribution in [3.8, 4) is 5.75 Å². The maximum absolute atomic E-state index is 13.9. The van der Waals surface area contributed by atoms with E-state index in [0.717, 1.165) is 0 Å². The van der Waals surface area contributed by atoms with Gasteiger partial charge in [0, 0.05) is 11.3 Å². The Bertz CT molecular complexity index is 1160. The largest absolute Gasteiger partial charge is 0.491 e. The predicted octanol–water partition coefficient (Wildman–Crippen LogP) is 3.89. The first-order valence-corrected chi connectivity index (χ1v) is 9.83. The van der Waals surface area contributed by atoms with Gasteiger partial charge in [-0.15, -0.1) is 0 Å². The molecule has 0 aliphatic heterocycles. The molecule has 7 nitrogen and oxygen atoms in total. The molecule has 0 atom stereocenters. The zero-order valence-electron chi connectivity index (χ0n) is 17.4. The molecule has 0 spiro atoms. The minimum absolute atomic E-state index is 0.0469. The Kier molecular flexibility index (Phi) is 7.17.